The number of esters is 1. The van der Waals surface area contributed by atoms with E-state index in [1.807, 2.05) is 30.3 Å². The van der Waals surface area contributed by atoms with Crippen molar-refractivity contribution in [3.8, 4) is 0 Å². The number of ether oxygens (including phenoxy) is 1. The summed E-state index contributed by atoms with van der Waals surface area (Å²) >= 11 is 0. The van der Waals surface area contributed by atoms with Gasteiger partial charge < -0.3 is 9.15 Å². The number of hydrogen-bond acceptors (Lipinski definition) is 6. The molecule has 1 aliphatic rings. The van der Waals surface area contributed by atoms with Gasteiger partial charge >= 0.3 is 5.97 Å². The topological polar surface area (TPSA) is 93.9 Å². The van der Waals surface area contributed by atoms with Crippen molar-refractivity contribution in [3.05, 3.63) is 113 Å². The number of nitrogens with zero attached hydrogens (tertiary/aromatic N) is 1. The summed E-state index contributed by atoms with van der Waals surface area (Å²) in [5.74, 6) is -2.15. The molecule has 2 amide bonds. The van der Waals surface area contributed by atoms with E-state index in [1.165, 1.54) is 18.2 Å². The Balaban J connectivity index is 1.25. The lowest BCUT2D eigenvalue weighted by Crippen LogP contribution is -2.29. The predicted octanol–water partition coefficient (Wildman–Crippen LogP) is 5.43. The summed E-state index contributed by atoms with van der Waals surface area (Å²) in [6.07, 6.45) is 0. The molecule has 0 N–H and O–H groups in total. The molecule has 7 heteroatoms. The number of anilines is 1. The third-order valence-electron chi connectivity index (χ3n) is 6.17. The van der Waals surface area contributed by atoms with Crippen molar-refractivity contribution >= 4 is 51.2 Å². The average Bonchev–Trinajstić information content (AvgIpc) is 3.41. The third kappa shape index (κ3) is 3.45. The standard InChI is InChI=1S/C29H17NO6/c31-24(17-6-2-1-3-7-17)16-35-29(34)18-10-12-22-23(14-18)28(33)30(27(22)32)19-11-13-21-20-8-4-5-9-25(20)36-26(21)15-19/h1-15H,16H2. The number of amides is 2. The van der Waals surface area contributed by atoms with Gasteiger partial charge in [0.15, 0.2) is 12.4 Å². The summed E-state index contributed by atoms with van der Waals surface area (Å²) in [5.41, 5.74) is 2.40. The van der Waals surface area contributed by atoms with E-state index in [4.69, 9.17) is 9.15 Å². The molecule has 0 radical (unpaired) electrons. The molecular formula is C29H17NO6. The Bertz CT molecular complexity index is 1720. The van der Waals surface area contributed by atoms with E-state index < -0.39 is 24.4 Å². The highest BCUT2D eigenvalue weighted by molar-refractivity contribution is 6.35. The smallest absolute Gasteiger partial charge is 0.338 e. The molecule has 2 heterocycles. The van der Waals surface area contributed by atoms with Crippen molar-refractivity contribution in [2.24, 2.45) is 0 Å². The first kappa shape index (κ1) is 21.5. The van der Waals surface area contributed by atoms with Crippen LogP contribution in [0.4, 0.5) is 5.69 Å². The van der Waals surface area contributed by atoms with Crippen LogP contribution in [0.15, 0.2) is 95.4 Å². The van der Waals surface area contributed by atoms with Crippen molar-refractivity contribution in [1.29, 1.82) is 0 Å². The number of carbonyl (C=O) groups excluding carboxylic acids is 4. The summed E-state index contributed by atoms with van der Waals surface area (Å²) < 4.78 is 11.0. The fourth-order valence-electron chi connectivity index (χ4n) is 4.38. The molecule has 174 valence electrons. The van der Waals surface area contributed by atoms with Gasteiger partial charge in [-0.1, -0.05) is 48.5 Å². The molecule has 0 saturated heterocycles. The van der Waals surface area contributed by atoms with Crippen molar-refractivity contribution in [2.75, 3.05) is 11.5 Å². The van der Waals surface area contributed by atoms with E-state index >= 15 is 0 Å². The second kappa shape index (κ2) is 8.32. The highest BCUT2D eigenvalue weighted by atomic mass is 16.5. The number of carbonyl (C=O) groups is 4. The summed E-state index contributed by atoms with van der Waals surface area (Å²) in [6, 6.07) is 25.4. The number of imide groups is 1. The first-order chi connectivity index (χ1) is 17.5. The Labute approximate surface area is 204 Å². The lowest BCUT2D eigenvalue weighted by Gasteiger charge is -2.13. The molecule has 0 bridgehead atoms. The number of rotatable bonds is 5. The Morgan fingerprint density at radius 3 is 2.25 bits per heavy atom. The van der Waals surface area contributed by atoms with Gasteiger partial charge in [0, 0.05) is 22.4 Å². The van der Waals surface area contributed by atoms with Crippen LogP contribution in [0, 0.1) is 0 Å². The van der Waals surface area contributed by atoms with Crippen molar-refractivity contribution in [2.45, 2.75) is 0 Å². The largest absolute Gasteiger partial charge is 0.456 e. The fraction of sp³-hybridized carbons (Fsp3) is 0.0345. The van der Waals surface area contributed by atoms with E-state index in [0.717, 1.165) is 15.7 Å². The SMILES string of the molecule is O=C(COC(=O)c1ccc2c(c1)C(=O)N(c1ccc3c(c1)oc1ccccc13)C2=O)c1ccccc1. The highest BCUT2D eigenvalue weighted by Gasteiger charge is 2.37. The van der Waals surface area contributed by atoms with Crippen LogP contribution in [0.5, 0.6) is 0 Å². The van der Waals surface area contributed by atoms with Gasteiger partial charge in [0.05, 0.1) is 22.4 Å². The highest BCUT2D eigenvalue weighted by Crippen LogP contribution is 2.34. The van der Waals surface area contributed by atoms with E-state index in [9.17, 15) is 19.2 Å². The maximum absolute atomic E-state index is 13.2. The predicted molar refractivity (Wildman–Crippen MR) is 132 cm³/mol. The van der Waals surface area contributed by atoms with Gasteiger partial charge in [-0.15, -0.1) is 0 Å². The van der Waals surface area contributed by atoms with Crippen LogP contribution >= 0.6 is 0 Å². The summed E-state index contributed by atoms with van der Waals surface area (Å²) in [5, 5.41) is 1.82. The second-order valence-corrected chi connectivity index (χ2v) is 8.35. The van der Waals surface area contributed by atoms with Crippen molar-refractivity contribution in [3.63, 3.8) is 0 Å². The van der Waals surface area contributed by atoms with E-state index in [0.29, 0.717) is 22.4 Å². The van der Waals surface area contributed by atoms with Gasteiger partial charge in [-0.2, -0.15) is 0 Å². The minimum absolute atomic E-state index is 0.0744. The molecule has 4 aromatic carbocycles. The molecule has 0 atom stereocenters. The minimum Gasteiger partial charge on any atom is -0.456 e. The molecule has 0 fully saturated rings. The normalized spacial score (nSPS) is 12.8. The molecule has 0 unspecified atom stereocenters. The Hall–Kier alpha value is -5.04. The zero-order chi connectivity index (χ0) is 24.8. The molecule has 7 nitrogen and oxygen atoms in total. The van der Waals surface area contributed by atoms with Crippen LogP contribution in [-0.4, -0.2) is 30.2 Å². The van der Waals surface area contributed by atoms with E-state index in [-0.39, 0.29) is 22.5 Å². The van der Waals surface area contributed by atoms with Crippen LogP contribution in [0.2, 0.25) is 0 Å². The van der Waals surface area contributed by atoms with Gasteiger partial charge in [0.2, 0.25) is 0 Å². The Kier molecular flexibility index (Phi) is 4.97. The molecule has 36 heavy (non-hydrogen) atoms. The van der Waals surface area contributed by atoms with Crippen LogP contribution in [-0.2, 0) is 4.74 Å². The van der Waals surface area contributed by atoms with Crippen molar-refractivity contribution < 1.29 is 28.3 Å². The number of benzene rings is 4. The Morgan fingerprint density at radius 2 is 1.42 bits per heavy atom. The molecular weight excluding hydrogens is 458 g/mol. The minimum atomic E-state index is -0.760. The molecule has 0 saturated carbocycles. The molecule has 1 aromatic heterocycles. The van der Waals surface area contributed by atoms with Crippen LogP contribution in [0.1, 0.15) is 41.4 Å². The second-order valence-electron chi connectivity index (χ2n) is 8.35. The molecule has 6 rings (SSSR count). The van der Waals surface area contributed by atoms with Gasteiger partial charge in [0.25, 0.3) is 11.8 Å². The first-order valence-electron chi connectivity index (χ1n) is 11.2. The number of hydrogen-bond donors (Lipinski definition) is 0. The van der Waals surface area contributed by atoms with Crippen LogP contribution in [0.3, 0.4) is 0 Å². The maximum atomic E-state index is 13.2. The van der Waals surface area contributed by atoms with Gasteiger partial charge in [-0.05, 0) is 36.4 Å². The monoisotopic (exact) mass is 475 g/mol. The summed E-state index contributed by atoms with van der Waals surface area (Å²) in [4.78, 5) is 52.1. The van der Waals surface area contributed by atoms with Gasteiger partial charge in [0.1, 0.15) is 11.2 Å². The van der Waals surface area contributed by atoms with Crippen LogP contribution < -0.4 is 4.90 Å². The first-order valence-corrected chi connectivity index (χ1v) is 11.2. The lowest BCUT2D eigenvalue weighted by molar-refractivity contribution is 0.0474. The van der Waals surface area contributed by atoms with Crippen molar-refractivity contribution in [1.82, 2.24) is 0 Å². The maximum Gasteiger partial charge on any atom is 0.338 e. The zero-order valence-electron chi connectivity index (χ0n) is 18.8. The fourth-order valence-corrected chi connectivity index (χ4v) is 4.38. The number of ketones is 1. The zero-order valence-corrected chi connectivity index (χ0v) is 18.8. The van der Waals surface area contributed by atoms with E-state index in [1.54, 1.807) is 42.5 Å². The lowest BCUT2D eigenvalue weighted by atomic mass is 10.1. The number of fused-ring (bicyclic) bond motifs is 4. The molecule has 0 spiro atoms. The Morgan fingerprint density at radius 1 is 0.694 bits per heavy atom. The van der Waals surface area contributed by atoms with E-state index in [2.05, 4.69) is 0 Å². The summed E-state index contributed by atoms with van der Waals surface area (Å²) in [7, 11) is 0. The van der Waals surface area contributed by atoms with Crippen LogP contribution in [0.25, 0.3) is 21.9 Å². The number of para-hydroxylation sites is 1. The average molecular weight is 475 g/mol. The summed E-state index contributed by atoms with van der Waals surface area (Å²) in [6.45, 7) is -0.434. The third-order valence-corrected chi connectivity index (χ3v) is 6.17. The molecule has 5 aromatic rings. The molecule has 1 aliphatic heterocycles. The molecule has 0 aliphatic carbocycles. The number of furan rings is 1. The quantitative estimate of drug-likeness (QED) is 0.191. The van der Waals surface area contributed by atoms with Gasteiger partial charge in [-0.25, -0.2) is 9.69 Å². The number of Topliss-reactive ketones (excluding diaryl/α,β-unsaturated/α-hetero) is 1. The van der Waals surface area contributed by atoms with Gasteiger partial charge in [-0.3, -0.25) is 14.4 Å².